The summed E-state index contributed by atoms with van der Waals surface area (Å²) >= 11 is 0. The molecule has 2 aromatic rings. The minimum absolute atomic E-state index is 0.486. The van der Waals surface area contributed by atoms with Gasteiger partial charge in [-0.3, -0.25) is 0 Å². The molecule has 2 rings (SSSR count). The predicted octanol–water partition coefficient (Wildman–Crippen LogP) is 4.29. The number of hydrogen-bond acceptors (Lipinski definition) is 3. The zero-order chi connectivity index (χ0) is 15.2. The van der Waals surface area contributed by atoms with Gasteiger partial charge < -0.3 is 14.8 Å². The molecule has 3 heteroatoms. The van der Waals surface area contributed by atoms with Crippen molar-refractivity contribution < 1.29 is 9.47 Å². The van der Waals surface area contributed by atoms with Gasteiger partial charge >= 0.3 is 0 Å². The summed E-state index contributed by atoms with van der Waals surface area (Å²) in [4.78, 5) is 0. The Morgan fingerprint density at radius 3 is 2.14 bits per heavy atom. The molecule has 0 aromatic heterocycles. The first kappa shape index (κ1) is 15.4. The van der Waals surface area contributed by atoms with E-state index in [-0.39, 0.29) is 0 Å². The Morgan fingerprint density at radius 2 is 1.57 bits per heavy atom. The largest absolute Gasteiger partial charge is 0.497 e. The van der Waals surface area contributed by atoms with Crippen LogP contribution in [0.15, 0.2) is 42.5 Å². The van der Waals surface area contributed by atoms with Gasteiger partial charge in [0, 0.05) is 12.6 Å². The van der Waals surface area contributed by atoms with Crippen molar-refractivity contribution in [1.82, 2.24) is 5.32 Å². The van der Waals surface area contributed by atoms with Crippen molar-refractivity contribution in [2.75, 3.05) is 7.11 Å². The third-order valence-corrected chi connectivity index (χ3v) is 3.31. The Balaban J connectivity index is 2.05. The van der Waals surface area contributed by atoms with Crippen molar-refractivity contribution >= 4 is 0 Å². The van der Waals surface area contributed by atoms with Crippen molar-refractivity contribution in [2.24, 2.45) is 0 Å². The lowest BCUT2D eigenvalue weighted by molar-refractivity contribution is 0.413. The van der Waals surface area contributed by atoms with Crippen molar-refractivity contribution in [3.05, 3.63) is 53.6 Å². The van der Waals surface area contributed by atoms with E-state index in [0.717, 1.165) is 23.8 Å². The summed E-state index contributed by atoms with van der Waals surface area (Å²) < 4.78 is 11.0. The van der Waals surface area contributed by atoms with Crippen molar-refractivity contribution in [3.63, 3.8) is 0 Å². The zero-order valence-corrected chi connectivity index (χ0v) is 13.1. The molecule has 0 saturated heterocycles. The predicted molar refractivity (Wildman–Crippen MR) is 86.2 cm³/mol. The van der Waals surface area contributed by atoms with Gasteiger partial charge in [0.1, 0.15) is 17.2 Å². The number of benzene rings is 2. The SMILES string of the molecule is COc1ccc(Oc2ccc(CNC(C)C)c(C)c2)cc1. The van der Waals surface area contributed by atoms with Crippen LogP contribution in [0.1, 0.15) is 25.0 Å². The van der Waals surface area contributed by atoms with Gasteiger partial charge in [-0.25, -0.2) is 0 Å². The van der Waals surface area contributed by atoms with Crippen LogP contribution in [-0.2, 0) is 6.54 Å². The van der Waals surface area contributed by atoms with Crippen LogP contribution < -0.4 is 14.8 Å². The Labute approximate surface area is 126 Å². The van der Waals surface area contributed by atoms with E-state index in [4.69, 9.17) is 9.47 Å². The summed E-state index contributed by atoms with van der Waals surface area (Å²) in [6.45, 7) is 7.29. The quantitative estimate of drug-likeness (QED) is 0.858. The van der Waals surface area contributed by atoms with Crippen LogP contribution in [0.25, 0.3) is 0 Å². The minimum Gasteiger partial charge on any atom is -0.497 e. The first-order valence-electron chi connectivity index (χ1n) is 7.23. The van der Waals surface area contributed by atoms with Crippen molar-refractivity contribution in [3.8, 4) is 17.2 Å². The van der Waals surface area contributed by atoms with Crippen LogP contribution >= 0.6 is 0 Å². The smallest absolute Gasteiger partial charge is 0.127 e. The van der Waals surface area contributed by atoms with Crippen molar-refractivity contribution in [1.29, 1.82) is 0 Å². The van der Waals surface area contributed by atoms with Crippen LogP contribution in [0, 0.1) is 6.92 Å². The molecule has 0 fully saturated rings. The second kappa shape index (κ2) is 7.14. The molecular formula is C18H23NO2. The van der Waals surface area contributed by atoms with Crippen molar-refractivity contribution in [2.45, 2.75) is 33.4 Å². The highest BCUT2D eigenvalue weighted by Gasteiger charge is 2.03. The highest BCUT2D eigenvalue weighted by Crippen LogP contribution is 2.25. The van der Waals surface area contributed by atoms with Gasteiger partial charge in [0.25, 0.3) is 0 Å². The van der Waals surface area contributed by atoms with Gasteiger partial charge in [-0.1, -0.05) is 19.9 Å². The Bertz CT molecular complexity index is 576. The summed E-state index contributed by atoms with van der Waals surface area (Å²) in [6.07, 6.45) is 0. The maximum absolute atomic E-state index is 5.86. The lowest BCUT2D eigenvalue weighted by atomic mass is 10.1. The number of aryl methyl sites for hydroxylation is 1. The molecule has 0 aliphatic rings. The molecule has 0 aliphatic carbocycles. The molecule has 0 heterocycles. The number of rotatable bonds is 6. The normalized spacial score (nSPS) is 10.7. The highest BCUT2D eigenvalue weighted by atomic mass is 16.5. The fraction of sp³-hybridized carbons (Fsp3) is 0.333. The number of hydrogen-bond donors (Lipinski definition) is 1. The second-order valence-corrected chi connectivity index (χ2v) is 5.40. The lowest BCUT2D eigenvalue weighted by Gasteiger charge is -2.12. The van der Waals surface area contributed by atoms with Crippen LogP contribution in [0.3, 0.4) is 0 Å². The van der Waals surface area contributed by atoms with Gasteiger partial charge in [-0.2, -0.15) is 0 Å². The monoisotopic (exact) mass is 285 g/mol. The molecule has 2 aromatic carbocycles. The molecule has 0 aliphatic heterocycles. The molecule has 0 atom stereocenters. The van der Waals surface area contributed by atoms with E-state index >= 15 is 0 Å². The Kier molecular flexibility index (Phi) is 5.23. The Hall–Kier alpha value is -2.00. The molecule has 0 spiro atoms. The topological polar surface area (TPSA) is 30.5 Å². The van der Waals surface area contributed by atoms with E-state index in [1.807, 2.05) is 30.3 Å². The van der Waals surface area contributed by atoms with E-state index < -0.39 is 0 Å². The lowest BCUT2D eigenvalue weighted by Crippen LogP contribution is -2.22. The third kappa shape index (κ3) is 4.50. The maximum Gasteiger partial charge on any atom is 0.127 e. The molecule has 112 valence electrons. The van der Waals surface area contributed by atoms with Crippen LogP contribution in [0.5, 0.6) is 17.2 Å². The highest BCUT2D eigenvalue weighted by molar-refractivity contribution is 5.39. The molecule has 3 nitrogen and oxygen atoms in total. The number of ether oxygens (including phenoxy) is 2. The molecule has 0 bridgehead atoms. The van der Waals surface area contributed by atoms with Gasteiger partial charge in [0.2, 0.25) is 0 Å². The van der Waals surface area contributed by atoms with Gasteiger partial charge in [-0.15, -0.1) is 0 Å². The van der Waals surface area contributed by atoms with E-state index in [9.17, 15) is 0 Å². The van der Waals surface area contributed by atoms with E-state index in [0.29, 0.717) is 6.04 Å². The zero-order valence-electron chi connectivity index (χ0n) is 13.1. The molecule has 21 heavy (non-hydrogen) atoms. The maximum atomic E-state index is 5.86. The van der Waals surface area contributed by atoms with Gasteiger partial charge in [0.05, 0.1) is 7.11 Å². The summed E-state index contributed by atoms with van der Waals surface area (Å²) in [6, 6.07) is 14.3. The fourth-order valence-corrected chi connectivity index (χ4v) is 2.02. The number of methoxy groups -OCH3 is 1. The average Bonchev–Trinajstić information content (AvgIpc) is 2.47. The minimum atomic E-state index is 0.486. The molecule has 0 saturated carbocycles. The van der Waals surface area contributed by atoms with Crippen LogP contribution in [-0.4, -0.2) is 13.2 Å². The first-order valence-corrected chi connectivity index (χ1v) is 7.23. The number of nitrogens with one attached hydrogen (secondary N) is 1. The standard InChI is InChI=1S/C18H23NO2/c1-13(2)19-12-15-5-6-18(11-14(15)3)21-17-9-7-16(20-4)8-10-17/h5-11,13,19H,12H2,1-4H3. The molecule has 1 N–H and O–H groups in total. The fourth-order valence-electron chi connectivity index (χ4n) is 2.02. The molecule has 0 radical (unpaired) electrons. The van der Waals surface area contributed by atoms with Gasteiger partial charge in [-0.05, 0) is 54.4 Å². The summed E-state index contributed by atoms with van der Waals surface area (Å²) in [5.74, 6) is 2.49. The van der Waals surface area contributed by atoms with Crippen LogP contribution in [0.2, 0.25) is 0 Å². The van der Waals surface area contributed by atoms with E-state index in [1.54, 1.807) is 7.11 Å². The van der Waals surface area contributed by atoms with E-state index in [1.165, 1.54) is 11.1 Å². The van der Waals surface area contributed by atoms with E-state index in [2.05, 4.69) is 38.2 Å². The molecular weight excluding hydrogens is 262 g/mol. The first-order chi connectivity index (χ1) is 10.1. The molecule has 0 amide bonds. The summed E-state index contributed by atoms with van der Waals surface area (Å²) in [7, 11) is 1.66. The second-order valence-electron chi connectivity index (χ2n) is 5.40. The van der Waals surface area contributed by atoms with Crippen LogP contribution in [0.4, 0.5) is 0 Å². The summed E-state index contributed by atoms with van der Waals surface area (Å²) in [5.41, 5.74) is 2.53. The third-order valence-electron chi connectivity index (χ3n) is 3.31. The van der Waals surface area contributed by atoms with Gasteiger partial charge in [0.15, 0.2) is 0 Å². The summed E-state index contributed by atoms with van der Waals surface area (Å²) in [5, 5.41) is 3.43. The average molecular weight is 285 g/mol. The molecule has 0 unspecified atom stereocenters. The Morgan fingerprint density at radius 1 is 0.952 bits per heavy atom.